The molecule has 0 radical (unpaired) electrons. The summed E-state index contributed by atoms with van der Waals surface area (Å²) < 4.78 is 0. The van der Waals surface area contributed by atoms with Gasteiger partial charge in [0.15, 0.2) is 0 Å². The lowest BCUT2D eigenvalue weighted by Gasteiger charge is -2.16. The number of primary amides is 1. The van der Waals surface area contributed by atoms with Gasteiger partial charge in [0.05, 0.1) is 19.0 Å². The maximum absolute atomic E-state index is 11.7. The van der Waals surface area contributed by atoms with Crippen molar-refractivity contribution in [3.8, 4) is 0 Å². The smallest absolute Gasteiger partial charge is 0.248 e. The van der Waals surface area contributed by atoms with Crippen molar-refractivity contribution in [1.29, 1.82) is 0 Å². The fourth-order valence-corrected chi connectivity index (χ4v) is 2.30. The summed E-state index contributed by atoms with van der Waals surface area (Å²) in [6.07, 6.45) is -1.40. The van der Waals surface area contributed by atoms with Gasteiger partial charge in [-0.05, 0) is 11.4 Å². The highest BCUT2D eigenvalue weighted by molar-refractivity contribution is 7.10. The van der Waals surface area contributed by atoms with Crippen LogP contribution in [0.2, 0.25) is 0 Å². The molecule has 1 heterocycles. The molecule has 0 aliphatic heterocycles. The van der Waals surface area contributed by atoms with Crippen molar-refractivity contribution < 1.29 is 19.5 Å². The van der Waals surface area contributed by atoms with E-state index >= 15 is 0 Å². The van der Waals surface area contributed by atoms with Crippen molar-refractivity contribution in [3.63, 3.8) is 0 Å². The molecule has 0 aliphatic rings. The molecule has 0 fully saturated rings. The largest absolute Gasteiger partial charge is 0.381 e. The third kappa shape index (κ3) is 5.37. The third-order valence-corrected chi connectivity index (χ3v) is 3.46. The zero-order valence-electron chi connectivity index (χ0n) is 11.0. The number of carbonyl (C=O) groups is 3. The summed E-state index contributed by atoms with van der Waals surface area (Å²) in [6, 6.07) is 3.21. The highest BCUT2D eigenvalue weighted by Gasteiger charge is 2.19. The first-order valence-electron chi connectivity index (χ1n) is 5.94. The van der Waals surface area contributed by atoms with Crippen LogP contribution < -0.4 is 16.4 Å². The van der Waals surface area contributed by atoms with Crippen LogP contribution in [0.25, 0.3) is 0 Å². The molecule has 3 amide bonds. The highest BCUT2D eigenvalue weighted by Crippen LogP contribution is 2.21. The number of aliphatic hydroxyl groups excluding tert-OH is 1. The summed E-state index contributed by atoms with van der Waals surface area (Å²) in [5.74, 6) is -1.53. The summed E-state index contributed by atoms with van der Waals surface area (Å²) in [5.41, 5.74) is 4.87. The molecule has 110 valence electrons. The van der Waals surface area contributed by atoms with Crippen molar-refractivity contribution in [1.82, 2.24) is 10.6 Å². The molecule has 2 unspecified atom stereocenters. The first-order valence-corrected chi connectivity index (χ1v) is 6.82. The van der Waals surface area contributed by atoms with Crippen LogP contribution in [-0.4, -0.2) is 35.5 Å². The number of carbonyl (C=O) groups excluding carboxylic acids is 3. The number of amides is 3. The minimum absolute atomic E-state index is 0.0194. The van der Waals surface area contributed by atoms with E-state index in [1.165, 1.54) is 18.3 Å². The molecule has 8 heteroatoms. The maximum Gasteiger partial charge on any atom is 0.248 e. The van der Waals surface area contributed by atoms with Crippen LogP contribution >= 0.6 is 11.3 Å². The molecule has 0 spiro atoms. The predicted molar refractivity (Wildman–Crippen MR) is 73.7 cm³/mol. The van der Waals surface area contributed by atoms with E-state index in [1.54, 1.807) is 0 Å². The number of rotatable bonds is 7. The molecule has 1 aromatic rings. The Bertz CT molecular complexity index is 475. The average molecular weight is 299 g/mol. The van der Waals surface area contributed by atoms with Gasteiger partial charge in [-0.1, -0.05) is 6.07 Å². The van der Waals surface area contributed by atoms with Gasteiger partial charge < -0.3 is 21.5 Å². The summed E-state index contributed by atoms with van der Waals surface area (Å²) in [7, 11) is 0. The number of nitrogens with two attached hydrogens (primary N) is 1. The minimum atomic E-state index is -1.42. The molecule has 0 saturated heterocycles. The first kappa shape index (κ1) is 16.1. The van der Waals surface area contributed by atoms with Gasteiger partial charge in [-0.25, -0.2) is 0 Å². The Morgan fingerprint density at radius 2 is 2.15 bits per heavy atom. The van der Waals surface area contributed by atoms with Gasteiger partial charge in [-0.3, -0.25) is 14.4 Å². The number of nitrogens with one attached hydrogen (secondary N) is 2. The minimum Gasteiger partial charge on any atom is -0.381 e. The molecule has 1 aromatic heterocycles. The normalized spacial score (nSPS) is 13.3. The number of hydrogen-bond acceptors (Lipinski definition) is 5. The fraction of sp³-hybridized carbons (Fsp3) is 0.417. The second-order valence-electron chi connectivity index (χ2n) is 4.19. The van der Waals surface area contributed by atoms with E-state index < -0.39 is 24.0 Å². The van der Waals surface area contributed by atoms with Crippen molar-refractivity contribution in [3.05, 3.63) is 22.4 Å². The molecule has 0 aromatic carbocycles. The lowest BCUT2D eigenvalue weighted by Crippen LogP contribution is -2.41. The molecule has 2 atom stereocenters. The summed E-state index contributed by atoms with van der Waals surface area (Å²) in [4.78, 5) is 34.4. The Morgan fingerprint density at radius 3 is 2.65 bits per heavy atom. The molecule has 7 nitrogen and oxygen atoms in total. The molecule has 0 saturated carbocycles. The van der Waals surface area contributed by atoms with E-state index in [1.807, 2.05) is 17.5 Å². The Hall–Kier alpha value is -1.93. The second kappa shape index (κ2) is 7.61. The maximum atomic E-state index is 11.7. The number of thiophene rings is 1. The fourth-order valence-electron chi connectivity index (χ4n) is 1.53. The van der Waals surface area contributed by atoms with E-state index in [-0.39, 0.29) is 18.9 Å². The van der Waals surface area contributed by atoms with Crippen molar-refractivity contribution in [2.75, 3.05) is 6.54 Å². The average Bonchev–Trinajstić information content (AvgIpc) is 2.88. The van der Waals surface area contributed by atoms with Crippen molar-refractivity contribution in [2.24, 2.45) is 5.73 Å². The molecule has 1 rings (SSSR count). The van der Waals surface area contributed by atoms with Gasteiger partial charge in [-0.15, -0.1) is 11.3 Å². The standard InChI is InChI=1S/C12H17N3O4S/c1-7(16)15-8(10-3-2-4-20-10)5-11(18)14-6-9(17)12(13)19/h2-4,8-9,17H,5-6H2,1H3,(H2,13,19)(H,14,18)(H,15,16). The molecule has 0 aliphatic carbocycles. The van der Waals surface area contributed by atoms with Gasteiger partial charge in [0.25, 0.3) is 0 Å². The Balaban J connectivity index is 2.55. The zero-order valence-corrected chi connectivity index (χ0v) is 11.8. The van der Waals surface area contributed by atoms with Gasteiger partial charge in [0.1, 0.15) is 6.10 Å². The summed E-state index contributed by atoms with van der Waals surface area (Å²) >= 11 is 1.43. The molecular formula is C12H17N3O4S. The van der Waals surface area contributed by atoms with Crippen LogP contribution in [0, 0.1) is 0 Å². The molecule has 5 N–H and O–H groups in total. The van der Waals surface area contributed by atoms with E-state index in [2.05, 4.69) is 10.6 Å². The lowest BCUT2D eigenvalue weighted by atomic mass is 10.1. The van der Waals surface area contributed by atoms with E-state index in [9.17, 15) is 19.5 Å². The molecular weight excluding hydrogens is 282 g/mol. The van der Waals surface area contributed by atoms with E-state index in [0.717, 1.165) is 4.88 Å². The Morgan fingerprint density at radius 1 is 1.45 bits per heavy atom. The van der Waals surface area contributed by atoms with Crippen LogP contribution in [0.3, 0.4) is 0 Å². The number of aliphatic hydroxyl groups is 1. The van der Waals surface area contributed by atoms with E-state index in [0.29, 0.717) is 0 Å². The molecule has 0 bridgehead atoms. The lowest BCUT2D eigenvalue weighted by molar-refractivity contribution is -0.127. The quantitative estimate of drug-likeness (QED) is 0.530. The van der Waals surface area contributed by atoms with Gasteiger partial charge in [0.2, 0.25) is 17.7 Å². The van der Waals surface area contributed by atoms with Crippen LogP contribution in [0.1, 0.15) is 24.3 Å². The highest BCUT2D eigenvalue weighted by atomic mass is 32.1. The van der Waals surface area contributed by atoms with E-state index in [4.69, 9.17) is 5.73 Å². The number of hydrogen-bond donors (Lipinski definition) is 4. The van der Waals surface area contributed by atoms with Crippen LogP contribution in [-0.2, 0) is 14.4 Å². The van der Waals surface area contributed by atoms with Gasteiger partial charge in [-0.2, -0.15) is 0 Å². The summed E-state index contributed by atoms with van der Waals surface area (Å²) in [6.45, 7) is 1.13. The Kier molecular flexibility index (Phi) is 6.13. The van der Waals surface area contributed by atoms with Crippen LogP contribution in [0.15, 0.2) is 17.5 Å². The Labute approximate surface area is 120 Å². The van der Waals surface area contributed by atoms with Crippen molar-refractivity contribution in [2.45, 2.75) is 25.5 Å². The van der Waals surface area contributed by atoms with Crippen molar-refractivity contribution >= 4 is 29.1 Å². The molecule has 20 heavy (non-hydrogen) atoms. The summed E-state index contributed by atoms with van der Waals surface area (Å²) in [5, 5.41) is 16.1. The third-order valence-electron chi connectivity index (χ3n) is 2.47. The van der Waals surface area contributed by atoms with Gasteiger partial charge >= 0.3 is 0 Å². The second-order valence-corrected chi connectivity index (χ2v) is 5.17. The van der Waals surface area contributed by atoms with Gasteiger partial charge in [0, 0.05) is 11.8 Å². The van der Waals surface area contributed by atoms with Crippen LogP contribution in [0.5, 0.6) is 0 Å². The topological polar surface area (TPSA) is 122 Å². The predicted octanol–water partition coefficient (Wildman–Crippen LogP) is -0.722. The first-order chi connectivity index (χ1) is 9.40. The zero-order chi connectivity index (χ0) is 15.1. The van der Waals surface area contributed by atoms with Crippen LogP contribution in [0.4, 0.5) is 0 Å². The monoisotopic (exact) mass is 299 g/mol. The SMILES string of the molecule is CC(=O)NC(CC(=O)NCC(O)C(N)=O)c1cccs1.